The summed E-state index contributed by atoms with van der Waals surface area (Å²) in [6.45, 7) is 0. The van der Waals surface area contributed by atoms with Gasteiger partial charge in [-0.25, -0.2) is 43.9 Å². The highest BCUT2D eigenvalue weighted by Gasteiger charge is 1.70. The van der Waals surface area contributed by atoms with Gasteiger partial charge < -0.3 is 36.8 Å². The fourth-order valence-electron chi connectivity index (χ4n) is 4.23. The van der Waals surface area contributed by atoms with Crippen LogP contribution >= 0.6 is 80.3 Å². The predicted octanol–water partition coefficient (Wildman–Crippen LogP) is 11.8. The summed E-state index contributed by atoms with van der Waals surface area (Å²) in [5.41, 5.74) is 6.83. The van der Waals surface area contributed by atoms with E-state index in [1.165, 1.54) is 159 Å². The van der Waals surface area contributed by atoms with Crippen molar-refractivity contribution in [3.8, 4) is 0 Å². The van der Waals surface area contributed by atoms with Gasteiger partial charge in [-0.3, -0.25) is 20.2 Å². The zero-order chi connectivity index (χ0) is 83.4. The van der Waals surface area contributed by atoms with Crippen molar-refractivity contribution in [1.82, 2.24) is 200 Å². The third-order valence-corrected chi connectivity index (χ3v) is 11.7. The summed E-state index contributed by atoms with van der Waals surface area (Å²) in [4.78, 5) is 38.3. The van der Waals surface area contributed by atoms with Crippen LogP contribution in [0.5, 0.6) is 0 Å². The van der Waals surface area contributed by atoms with Gasteiger partial charge in [0.25, 0.3) is 0 Å². The molecule has 0 aliphatic carbocycles. The van der Waals surface area contributed by atoms with E-state index in [9.17, 15) is 0 Å². The van der Waals surface area contributed by atoms with E-state index in [4.69, 9.17) is 0 Å². The first-order valence-corrected chi connectivity index (χ1v) is 37.4. The molecular formula is C64H70N40O7S7. The van der Waals surface area contributed by atoms with Crippen LogP contribution in [0.3, 0.4) is 0 Å². The number of imidazole rings is 1. The minimum atomic E-state index is 1.21. The molecule has 47 nitrogen and oxygen atoms in total. The van der Waals surface area contributed by atoms with Crippen LogP contribution in [0, 0.1) is 0 Å². The van der Waals surface area contributed by atoms with Crippen molar-refractivity contribution in [2.75, 3.05) is 0 Å². The number of thiophene rings is 1. The molecule has 118 heavy (non-hydrogen) atoms. The number of hydrogen-bond donors (Lipinski definition) is 6. The third-order valence-electron chi connectivity index (χ3n) is 8.27. The first-order chi connectivity index (χ1) is 59.0. The van der Waals surface area contributed by atoms with Crippen LogP contribution in [0.2, 0.25) is 0 Å². The summed E-state index contributed by atoms with van der Waals surface area (Å²) in [6, 6.07) is 28.2. The molecule has 0 saturated carbocycles. The number of nitrogens with one attached hydrogen (secondary N) is 6. The number of aromatic amines is 6. The molecule has 0 bridgehead atoms. The number of H-pyrrole nitrogens is 6. The molecule has 0 radical (unpaired) electrons. The first-order valence-electron chi connectivity index (χ1n) is 31.3. The molecule has 0 aliphatic heterocycles. The van der Waals surface area contributed by atoms with Gasteiger partial charge in [-0.1, -0.05) is 48.5 Å². The van der Waals surface area contributed by atoms with E-state index in [2.05, 4.69) is 231 Å². The maximum atomic E-state index is 4.58. The van der Waals surface area contributed by atoms with Crippen molar-refractivity contribution < 1.29 is 31.4 Å². The molecule has 54 heteroatoms. The lowest BCUT2D eigenvalue weighted by molar-refractivity contribution is 0.307. The highest BCUT2D eigenvalue weighted by Crippen LogP contribution is 1.92. The second-order valence-corrected chi connectivity index (χ2v) is 20.9. The summed E-state index contributed by atoms with van der Waals surface area (Å²) >= 11 is 10.2. The van der Waals surface area contributed by atoms with Crippen molar-refractivity contribution >= 4 is 80.3 Å². The number of thiazole rings is 1. The average Bonchev–Trinajstić information content (AvgIpc) is 3.07. The van der Waals surface area contributed by atoms with Gasteiger partial charge in [0.2, 0.25) is 19.2 Å². The Balaban J connectivity index is 0.000000617. The maximum Gasteiger partial charge on any atom is 0.213 e. The minimum Gasteiger partial charge on any atom is -0.473 e. The summed E-state index contributed by atoms with van der Waals surface area (Å²) in [6.07, 6.45) is 63.2. The average molecular weight is 1740 g/mol. The highest BCUT2D eigenvalue weighted by atomic mass is 32.1. The lowest BCUT2D eigenvalue weighted by Gasteiger charge is -1.70. The molecule has 0 saturated heterocycles. The van der Waals surface area contributed by atoms with Gasteiger partial charge in [-0.15, -0.1) is 63.5 Å². The van der Waals surface area contributed by atoms with Gasteiger partial charge >= 0.3 is 0 Å². The summed E-state index contributed by atoms with van der Waals surface area (Å²) < 4.78 is 48.5. The van der Waals surface area contributed by atoms with Gasteiger partial charge in [0.05, 0.1) is 98.1 Å². The summed E-state index contributed by atoms with van der Waals surface area (Å²) in [5, 5.41) is 87.1. The summed E-state index contributed by atoms with van der Waals surface area (Å²) in [5.74, 6) is 0. The molecule has 6 N–H and O–H groups in total. The molecule has 0 aliphatic rings. The van der Waals surface area contributed by atoms with E-state index >= 15 is 0 Å². The molecule has 23 rings (SSSR count). The van der Waals surface area contributed by atoms with Crippen molar-refractivity contribution in [3.05, 3.63) is 390 Å². The van der Waals surface area contributed by atoms with Gasteiger partial charge in [-0.2, -0.15) is 65.5 Å². The molecule has 23 aromatic rings. The zero-order valence-corrected chi connectivity index (χ0v) is 66.6. The Kier molecular flexibility index (Phi) is 82.0. The fourth-order valence-corrected chi connectivity index (χ4v) is 6.48. The molecule has 0 atom stereocenters. The maximum absolute atomic E-state index is 4.58. The number of pyridine rings is 1. The molecule has 0 unspecified atom stereocenters. The number of hydrogen-bond acceptors (Lipinski definition) is 48. The molecule has 0 spiro atoms. The lowest BCUT2D eigenvalue weighted by atomic mass is 10.5. The first kappa shape index (κ1) is 99.8. The number of tetrazole rings is 1. The molecule has 0 aromatic carbocycles. The smallest absolute Gasteiger partial charge is 0.213 e. The van der Waals surface area contributed by atoms with Crippen LogP contribution in [-0.2, 0) is 0 Å². The van der Waals surface area contributed by atoms with E-state index in [0.29, 0.717) is 0 Å². The van der Waals surface area contributed by atoms with E-state index < -0.39 is 0 Å². The highest BCUT2D eigenvalue weighted by molar-refractivity contribution is 7.08. The Morgan fingerprint density at radius 2 is 1.05 bits per heavy atom. The molecule has 0 amide bonds. The SMILES string of the molecule is c1c[nH]cn1.c1cc[nH]c1.c1ccncc1.c1ccnnc1.c1ccoc1.c1ccsc1.c1cn[nH]c1.c1cn[nH]n1.c1cncnc1.c1cnoc1.c1cnon1.c1cnsc1.c1cnsn1.c1cocn1.c1conn1.c1cscn1.c1csnn1.c1nc[nH]n1.c1ncon1.c1ncsn1.c1nn[nH]n1.c1nnco1.c1nncs1. The van der Waals surface area contributed by atoms with E-state index in [-0.39, 0.29) is 0 Å². The molecule has 0 fully saturated rings. The standard InChI is InChI=1S/C5H5N.2C4H4N2.C4H5N.C4H4O.C4H4S.2C3H4N2.2C3H3NO.2C3H3NS.2C2H3N3.4C2H2N2O.4C2H2N2S.CH2N4/c1-2-4-6-5-3-1;1-2-5-4-6-3-1;1-2-4-6-5-3-1;3*1-2-4-5-3-1;1-2-5-3-4-1;1-2-4-5-3-1;1-2-5-3-4-1;1-2-4-5-3-1;1-2-5-3-4-1;1-2-4-5-3-1;1-3-2-5-4-1;1-2-4-5-3-1;1-3-4-2-5-1;1-3-2-5-4-1;1-2-5-4-3-1;1-2-4-5-3-1;1-3-4-2-5-1;1-3-2-5-4-1;1-2-5-4-3-1;2*1-2-4-5-3-1/h1-5H;2*1-4H;1-5H;2*1-4H;2*1-3H,(H,4,5);4*1-3H;2*1-2H,(H,3,4,5);8*1-2H;1H,(H,2,3,4,5). The Hall–Kier alpha value is -16.2. The van der Waals surface area contributed by atoms with Crippen molar-refractivity contribution in [2.24, 2.45) is 0 Å². The van der Waals surface area contributed by atoms with Crippen LogP contribution in [-0.4, -0.2) is 200 Å². The number of oxazole rings is 1. The Morgan fingerprint density at radius 1 is 0.263 bits per heavy atom. The second-order valence-electron chi connectivity index (χ2n) is 16.1. The lowest BCUT2D eigenvalue weighted by Crippen LogP contribution is -1.69. The van der Waals surface area contributed by atoms with Gasteiger partial charge in [0, 0.05) is 108 Å². The monoisotopic (exact) mass is 1730 g/mol. The van der Waals surface area contributed by atoms with E-state index in [0.717, 1.165) is 0 Å². The Morgan fingerprint density at radius 3 is 1.25 bits per heavy atom. The number of rotatable bonds is 0. The number of aromatic nitrogens is 40. The molecule has 610 valence electrons. The van der Waals surface area contributed by atoms with Gasteiger partial charge in [-0.05, 0) is 118 Å². The third kappa shape index (κ3) is 94.0. The molecular weight excluding hydrogens is 1670 g/mol. The van der Waals surface area contributed by atoms with Crippen molar-refractivity contribution in [1.29, 1.82) is 0 Å². The van der Waals surface area contributed by atoms with Crippen LogP contribution < -0.4 is 0 Å². The Labute approximate surface area is 697 Å². The van der Waals surface area contributed by atoms with Crippen molar-refractivity contribution in [3.63, 3.8) is 0 Å². The van der Waals surface area contributed by atoms with E-state index in [1.54, 1.807) is 193 Å². The molecule has 23 heterocycles. The van der Waals surface area contributed by atoms with Crippen LogP contribution in [0.15, 0.2) is 421 Å². The van der Waals surface area contributed by atoms with Gasteiger partial charge in [0.15, 0.2) is 19.0 Å². The predicted molar refractivity (Wildman–Crippen MR) is 430 cm³/mol. The topological polar surface area (TPSA) is 625 Å². The normalized spacial score (nSPS) is 8.00. The minimum absolute atomic E-state index is 1.21. The number of nitrogens with zero attached hydrogens (tertiary/aromatic N) is 34. The van der Waals surface area contributed by atoms with Crippen molar-refractivity contribution in [2.45, 2.75) is 0 Å². The van der Waals surface area contributed by atoms with Crippen LogP contribution in [0.1, 0.15) is 0 Å². The van der Waals surface area contributed by atoms with Crippen LogP contribution in [0.25, 0.3) is 0 Å². The van der Waals surface area contributed by atoms with Gasteiger partial charge in [0.1, 0.15) is 60.6 Å². The van der Waals surface area contributed by atoms with E-state index in [1.807, 2.05) is 118 Å². The number of furan rings is 1. The zero-order valence-electron chi connectivity index (χ0n) is 60.9. The second kappa shape index (κ2) is 96.9. The largest absolute Gasteiger partial charge is 0.473 e. The molecule has 23 aromatic heterocycles. The fraction of sp³-hybridized carbons (Fsp3) is 0. The quantitative estimate of drug-likeness (QED) is 0.0821. The van der Waals surface area contributed by atoms with Crippen LogP contribution in [0.4, 0.5) is 0 Å². The summed E-state index contributed by atoms with van der Waals surface area (Å²) in [7, 11) is 0. The Bertz CT molecular complexity index is 3110.